The van der Waals surface area contributed by atoms with Crippen LogP contribution in [0.5, 0.6) is 0 Å². The fraction of sp³-hybridized carbons (Fsp3) is 0.562. The third-order valence-corrected chi connectivity index (χ3v) is 3.89. The van der Waals surface area contributed by atoms with Gasteiger partial charge in [0.2, 0.25) is 5.91 Å². The average molecular weight is 366 g/mol. The van der Waals surface area contributed by atoms with E-state index in [0.29, 0.717) is 18.9 Å². The molecule has 0 radical (unpaired) electrons. The highest BCUT2D eigenvalue weighted by atomic mass is 35.5. The van der Waals surface area contributed by atoms with Crippen molar-refractivity contribution in [3.05, 3.63) is 30.1 Å². The first-order valence-corrected chi connectivity index (χ1v) is 7.57. The van der Waals surface area contributed by atoms with Crippen molar-refractivity contribution in [1.29, 1.82) is 0 Å². The maximum atomic E-state index is 12.9. The highest BCUT2D eigenvalue weighted by molar-refractivity contribution is 5.85. The summed E-state index contributed by atoms with van der Waals surface area (Å²) < 4.78 is 12.9. The molecule has 2 unspecified atom stereocenters. The molecule has 1 aliphatic heterocycles. The Labute approximate surface area is 149 Å². The second-order valence-corrected chi connectivity index (χ2v) is 5.90. The van der Waals surface area contributed by atoms with Gasteiger partial charge in [0.25, 0.3) is 0 Å². The standard InChI is InChI=1S/C16H24FN3O.2ClH/c1-12(18)2-7-16(21)19-10-13-8-9-20(11-13)15-5-3-14(17)4-6-15;;/h3-6,12-13H,2,7-11,18H2,1H3,(H,19,21);2*1H. The van der Waals surface area contributed by atoms with Crippen molar-refractivity contribution >= 4 is 36.4 Å². The average Bonchev–Trinajstić information content (AvgIpc) is 2.92. The van der Waals surface area contributed by atoms with E-state index in [9.17, 15) is 9.18 Å². The molecule has 0 bridgehead atoms. The zero-order chi connectivity index (χ0) is 15.2. The molecule has 0 spiro atoms. The zero-order valence-corrected chi connectivity index (χ0v) is 15.0. The van der Waals surface area contributed by atoms with E-state index in [2.05, 4.69) is 10.2 Å². The number of hydrogen-bond acceptors (Lipinski definition) is 3. The molecule has 1 saturated heterocycles. The van der Waals surface area contributed by atoms with E-state index in [4.69, 9.17) is 5.73 Å². The minimum atomic E-state index is -0.212. The summed E-state index contributed by atoms with van der Waals surface area (Å²) in [5.41, 5.74) is 6.68. The molecule has 1 fully saturated rings. The fourth-order valence-corrected chi connectivity index (χ4v) is 2.59. The van der Waals surface area contributed by atoms with Crippen LogP contribution in [0.15, 0.2) is 24.3 Å². The Morgan fingerprint density at radius 1 is 1.39 bits per heavy atom. The smallest absolute Gasteiger partial charge is 0.220 e. The number of anilines is 1. The van der Waals surface area contributed by atoms with Gasteiger partial charge >= 0.3 is 0 Å². The summed E-state index contributed by atoms with van der Waals surface area (Å²) in [5.74, 6) is 0.317. The molecule has 1 aliphatic rings. The first-order valence-electron chi connectivity index (χ1n) is 7.57. The quantitative estimate of drug-likeness (QED) is 0.814. The van der Waals surface area contributed by atoms with Crippen molar-refractivity contribution in [2.45, 2.75) is 32.2 Å². The second-order valence-electron chi connectivity index (χ2n) is 5.90. The van der Waals surface area contributed by atoms with Gasteiger partial charge in [-0.1, -0.05) is 0 Å². The van der Waals surface area contributed by atoms with Gasteiger partial charge in [0, 0.05) is 37.8 Å². The Bertz CT molecular complexity index is 471. The molecular weight excluding hydrogens is 340 g/mol. The second kappa shape index (κ2) is 10.7. The predicted molar refractivity (Wildman–Crippen MR) is 97.1 cm³/mol. The number of carbonyl (C=O) groups excluding carboxylic acids is 1. The first kappa shape index (κ1) is 22.0. The molecule has 1 amide bonds. The van der Waals surface area contributed by atoms with Gasteiger partial charge in [-0.2, -0.15) is 0 Å². The Kier molecular flexibility index (Phi) is 10.2. The van der Waals surface area contributed by atoms with E-state index in [-0.39, 0.29) is 42.6 Å². The molecule has 0 aliphatic carbocycles. The highest BCUT2D eigenvalue weighted by Crippen LogP contribution is 2.23. The number of halogens is 3. The van der Waals surface area contributed by atoms with E-state index in [1.807, 2.05) is 6.92 Å². The summed E-state index contributed by atoms with van der Waals surface area (Å²) in [7, 11) is 0. The van der Waals surface area contributed by atoms with Crippen molar-refractivity contribution < 1.29 is 9.18 Å². The van der Waals surface area contributed by atoms with E-state index < -0.39 is 0 Å². The maximum absolute atomic E-state index is 12.9. The lowest BCUT2D eigenvalue weighted by Gasteiger charge is -2.19. The highest BCUT2D eigenvalue weighted by Gasteiger charge is 2.23. The largest absolute Gasteiger partial charge is 0.371 e. The summed E-state index contributed by atoms with van der Waals surface area (Å²) in [6, 6.07) is 6.64. The molecular formula is C16H26Cl2FN3O. The van der Waals surface area contributed by atoms with Gasteiger partial charge in [0.1, 0.15) is 5.82 Å². The van der Waals surface area contributed by atoms with E-state index >= 15 is 0 Å². The number of amides is 1. The van der Waals surface area contributed by atoms with Crippen molar-refractivity contribution in [3.8, 4) is 0 Å². The van der Waals surface area contributed by atoms with Crippen LogP contribution >= 0.6 is 24.8 Å². The van der Waals surface area contributed by atoms with Crippen LogP contribution in [0.2, 0.25) is 0 Å². The molecule has 1 aromatic carbocycles. The lowest BCUT2D eigenvalue weighted by atomic mass is 10.1. The molecule has 1 aromatic rings. The molecule has 7 heteroatoms. The van der Waals surface area contributed by atoms with Crippen molar-refractivity contribution in [3.63, 3.8) is 0 Å². The number of nitrogens with zero attached hydrogens (tertiary/aromatic N) is 1. The Balaban J connectivity index is 0.00000242. The van der Waals surface area contributed by atoms with Crippen molar-refractivity contribution in [2.24, 2.45) is 11.7 Å². The van der Waals surface area contributed by atoms with Crippen LogP contribution in [0, 0.1) is 11.7 Å². The molecule has 0 aromatic heterocycles. The van der Waals surface area contributed by atoms with Gasteiger partial charge in [-0.05, 0) is 49.9 Å². The SMILES string of the molecule is CC(N)CCC(=O)NCC1CCN(c2ccc(F)cc2)C1.Cl.Cl. The molecule has 3 N–H and O–H groups in total. The Morgan fingerprint density at radius 3 is 2.65 bits per heavy atom. The van der Waals surface area contributed by atoms with Crippen molar-refractivity contribution in [2.75, 3.05) is 24.5 Å². The molecule has 2 atom stereocenters. The zero-order valence-electron chi connectivity index (χ0n) is 13.3. The third-order valence-electron chi connectivity index (χ3n) is 3.89. The summed E-state index contributed by atoms with van der Waals surface area (Å²) in [6.45, 7) is 4.46. The topological polar surface area (TPSA) is 58.4 Å². The Hall–Kier alpha value is -1.04. The van der Waals surface area contributed by atoms with Crippen molar-refractivity contribution in [1.82, 2.24) is 5.32 Å². The number of benzene rings is 1. The van der Waals surface area contributed by atoms with Crippen LogP contribution < -0.4 is 16.0 Å². The molecule has 132 valence electrons. The van der Waals surface area contributed by atoms with E-state index in [0.717, 1.165) is 31.6 Å². The third kappa shape index (κ3) is 7.38. The minimum Gasteiger partial charge on any atom is -0.371 e. The number of carbonyl (C=O) groups is 1. The lowest BCUT2D eigenvalue weighted by Crippen LogP contribution is -2.31. The Morgan fingerprint density at radius 2 is 2.04 bits per heavy atom. The summed E-state index contributed by atoms with van der Waals surface area (Å²) in [5, 5.41) is 2.98. The molecule has 23 heavy (non-hydrogen) atoms. The van der Waals surface area contributed by atoms with Crippen LogP contribution in [0.25, 0.3) is 0 Å². The van der Waals surface area contributed by atoms with Gasteiger partial charge in [0.15, 0.2) is 0 Å². The van der Waals surface area contributed by atoms with Crippen LogP contribution in [-0.4, -0.2) is 31.6 Å². The number of nitrogens with one attached hydrogen (secondary N) is 1. The summed E-state index contributed by atoms with van der Waals surface area (Å²) in [4.78, 5) is 13.9. The number of hydrogen-bond donors (Lipinski definition) is 2. The van der Waals surface area contributed by atoms with E-state index in [1.54, 1.807) is 12.1 Å². The lowest BCUT2D eigenvalue weighted by molar-refractivity contribution is -0.121. The van der Waals surface area contributed by atoms with Gasteiger partial charge in [-0.25, -0.2) is 4.39 Å². The molecule has 2 rings (SSSR count). The molecule has 0 saturated carbocycles. The minimum absolute atomic E-state index is 0. The van der Waals surface area contributed by atoms with E-state index in [1.165, 1.54) is 12.1 Å². The predicted octanol–water partition coefficient (Wildman–Crippen LogP) is 2.74. The van der Waals surface area contributed by atoms with Crippen LogP contribution in [0.4, 0.5) is 10.1 Å². The fourth-order valence-electron chi connectivity index (χ4n) is 2.59. The van der Waals surface area contributed by atoms with Gasteiger partial charge in [0.05, 0.1) is 0 Å². The normalized spacial score (nSPS) is 17.9. The van der Waals surface area contributed by atoms with Crippen LogP contribution in [-0.2, 0) is 4.79 Å². The number of nitrogens with two attached hydrogens (primary N) is 1. The first-order chi connectivity index (χ1) is 10.0. The maximum Gasteiger partial charge on any atom is 0.220 e. The van der Waals surface area contributed by atoms with Gasteiger partial charge < -0.3 is 16.0 Å². The van der Waals surface area contributed by atoms with Crippen LogP contribution in [0.3, 0.4) is 0 Å². The van der Waals surface area contributed by atoms with Crippen LogP contribution in [0.1, 0.15) is 26.2 Å². The summed E-state index contributed by atoms with van der Waals surface area (Å²) >= 11 is 0. The monoisotopic (exact) mass is 365 g/mol. The molecule has 4 nitrogen and oxygen atoms in total. The number of rotatable bonds is 6. The molecule has 1 heterocycles. The van der Waals surface area contributed by atoms with Gasteiger partial charge in [-0.15, -0.1) is 24.8 Å². The summed E-state index contributed by atoms with van der Waals surface area (Å²) in [6.07, 6.45) is 2.26. The van der Waals surface area contributed by atoms with Gasteiger partial charge in [-0.3, -0.25) is 4.79 Å².